The SMILES string of the molecule is Br.Br.OCC1=CC=CC(CO)(CNCCCCCCOCCCCc2ccccc2)N1. The summed E-state index contributed by atoms with van der Waals surface area (Å²) in [5, 5.41) is 25.6. The van der Waals surface area contributed by atoms with Gasteiger partial charge in [0.05, 0.1) is 18.8 Å². The summed E-state index contributed by atoms with van der Waals surface area (Å²) in [6.45, 7) is 3.25. The number of unbranched alkanes of at least 4 members (excludes halogenated alkanes) is 4. The molecule has 0 spiro atoms. The first-order valence-corrected chi connectivity index (χ1v) is 11.0. The zero-order chi connectivity index (χ0) is 20.6. The maximum Gasteiger partial charge on any atom is 0.0914 e. The summed E-state index contributed by atoms with van der Waals surface area (Å²) < 4.78 is 5.74. The van der Waals surface area contributed by atoms with E-state index in [4.69, 9.17) is 4.74 Å². The lowest BCUT2D eigenvalue weighted by Crippen LogP contribution is -2.54. The predicted molar refractivity (Wildman–Crippen MR) is 139 cm³/mol. The first kappa shape index (κ1) is 30.3. The van der Waals surface area contributed by atoms with E-state index in [0.717, 1.165) is 51.1 Å². The van der Waals surface area contributed by atoms with E-state index >= 15 is 0 Å². The topological polar surface area (TPSA) is 73.8 Å². The second-order valence-corrected chi connectivity index (χ2v) is 7.79. The molecule has 1 aromatic rings. The van der Waals surface area contributed by atoms with Crippen LogP contribution < -0.4 is 10.6 Å². The fraction of sp³-hybridized carbons (Fsp3) is 0.583. The highest BCUT2D eigenvalue weighted by atomic mass is 79.9. The zero-order valence-corrected chi connectivity index (χ0v) is 21.9. The maximum atomic E-state index is 9.71. The molecule has 2 rings (SSSR count). The monoisotopic (exact) mass is 562 g/mol. The Kier molecular flexibility index (Phi) is 18.4. The minimum Gasteiger partial charge on any atom is -0.394 e. The maximum absolute atomic E-state index is 9.71. The Bertz CT molecular complexity index is 614. The zero-order valence-electron chi connectivity index (χ0n) is 18.4. The number of nitrogens with one attached hydrogen (secondary N) is 2. The van der Waals surface area contributed by atoms with Gasteiger partial charge in [-0.05, 0) is 50.3 Å². The van der Waals surface area contributed by atoms with Crippen LogP contribution in [0.2, 0.25) is 0 Å². The van der Waals surface area contributed by atoms with E-state index in [-0.39, 0.29) is 47.2 Å². The van der Waals surface area contributed by atoms with Crippen LogP contribution in [0.15, 0.2) is 54.3 Å². The van der Waals surface area contributed by atoms with Gasteiger partial charge in [-0.2, -0.15) is 0 Å². The number of ether oxygens (including phenoxy) is 1. The first-order valence-electron chi connectivity index (χ1n) is 11.0. The van der Waals surface area contributed by atoms with Gasteiger partial charge in [-0.25, -0.2) is 0 Å². The third-order valence-corrected chi connectivity index (χ3v) is 5.25. The van der Waals surface area contributed by atoms with Crippen molar-refractivity contribution in [1.29, 1.82) is 0 Å². The Morgan fingerprint density at radius 3 is 2.32 bits per heavy atom. The number of hydrogen-bond donors (Lipinski definition) is 4. The highest BCUT2D eigenvalue weighted by Crippen LogP contribution is 2.13. The number of aryl methyl sites for hydroxylation is 1. The number of benzene rings is 1. The molecule has 0 fully saturated rings. The second-order valence-electron chi connectivity index (χ2n) is 7.79. The van der Waals surface area contributed by atoms with Crippen molar-refractivity contribution in [3.63, 3.8) is 0 Å². The molecule has 0 bridgehead atoms. The quantitative estimate of drug-likeness (QED) is 0.228. The average Bonchev–Trinajstić information content (AvgIpc) is 2.77. The Labute approximate surface area is 208 Å². The predicted octanol–water partition coefficient (Wildman–Crippen LogP) is 4.10. The number of dihydropyridines is 1. The highest BCUT2D eigenvalue weighted by molar-refractivity contribution is 8.93. The molecule has 0 amide bonds. The number of rotatable bonds is 16. The van der Waals surface area contributed by atoms with Crippen molar-refractivity contribution in [2.45, 2.75) is 50.5 Å². The van der Waals surface area contributed by atoms with Gasteiger partial charge in [-0.15, -0.1) is 34.0 Å². The van der Waals surface area contributed by atoms with Crippen LogP contribution in [0.5, 0.6) is 0 Å². The van der Waals surface area contributed by atoms with Crippen LogP contribution in [0.3, 0.4) is 0 Å². The van der Waals surface area contributed by atoms with Crippen LogP contribution in [0.1, 0.15) is 44.1 Å². The van der Waals surface area contributed by atoms with Gasteiger partial charge >= 0.3 is 0 Å². The molecular weight excluding hydrogens is 524 g/mol. The average molecular weight is 564 g/mol. The standard InChI is InChI=1S/C24H38N2O3.2BrH/c27-19-23-14-10-15-24(21-28,26-23)20-25-16-7-1-2-8-17-29-18-9-6-13-22-11-4-3-5-12-22;;/h3-5,10-12,14-15,25-28H,1-2,6-9,13,16-21H2;2*1H. The van der Waals surface area contributed by atoms with Crippen molar-refractivity contribution in [3.05, 3.63) is 59.8 Å². The van der Waals surface area contributed by atoms with Crippen molar-refractivity contribution in [2.75, 3.05) is 39.5 Å². The van der Waals surface area contributed by atoms with E-state index in [9.17, 15) is 10.2 Å². The van der Waals surface area contributed by atoms with Gasteiger partial charge in [0.2, 0.25) is 0 Å². The van der Waals surface area contributed by atoms with E-state index in [1.54, 1.807) is 0 Å². The van der Waals surface area contributed by atoms with Crippen LogP contribution in [-0.4, -0.2) is 55.3 Å². The summed E-state index contributed by atoms with van der Waals surface area (Å²) >= 11 is 0. The summed E-state index contributed by atoms with van der Waals surface area (Å²) in [6, 6.07) is 10.6. The van der Waals surface area contributed by atoms with Crippen LogP contribution in [0.4, 0.5) is 0 Å². The molecule has 0 radical (unpaired) electrons. The smallest absolute Gasteiger partial charge is 0.0914 e. The van der Waals surface area contributed by atoms with Gasteiger partial charge in [0, 0.05) is 25.5 Å². The Hall–Kier alpha value is -0.700. The number of halogens is 2. The molecule has 0 aromatic heterocycles. The molecule has 31 heavy (non-hydrogen) atoms. The summed E-state index contributed by atoms with van der Waals surface area (Å²) in [5.74, 6) is 0. The van der Waals surface area contributed by atoms with Crippen molar-refractivity contribution >= 4 is 34.0 Å². The molecule has 1 aliphatic heterocycles. The number of aliphatic hydroxyl groups is 2. The number of hydrogen-bond acceptors (Lipinski definition) is 5. The van der Waals surface area contributed by atoms with Crippen LogP contribution in [0.25, 0.3) is 0 Å². The van der Waals surface area contributed by atoms with Crippen molar-refractivity contribution < 1.29 is 14.9 Å². The van der Waals surface area contributed by atoms with Gasteiger partial charge in [0.15, 0.2) is 0 Å². The van der Waals surface area contributed by atoms with E-state index in [1.165, 1.54) is 24.8 Å². The van der Waals surface area contributed by atoms with E-state index in [1.807, 2.05) is 18.2 Å². The van der Waals surface area contributed by atoms with Gasteiger partial charge < -0.3 is 25.6 Å². The molecule has 5 nitrogen and oxygen atoms in total. The molecule has 0 aliphatic carbocycles. The molecule has 1 atom stereocenters. The fourth-order valence-corrected chi connectivity index (χ4v) is 3.49. The fourth-order valence-electron chi connectivity index (χ4n) is 3.49. The molecular formula is C24H40Br2N2O3. The van der Waals surface area contributed by atoms with Gasteiger partial charge in [-0.1, -0.05) is 55.3 Å². The summed E-state index contributed by atoms with van der Waals surface area (Å²) in [7, 11) is 0. The lowest BCUT2D eigenvalue weighted by Gasteiger charge is -2.34. The van der Waals surface area contributed by atoms with Crippen molar-refractivity contribution in [3.8, 4) is 0 Å². The Balaban J connectivity index is 0.00000450. The number of allylic oxidation sites excluding steroid dienone is 2. The molecule has 1 aliphatic rings. The minimum absolute atomic E-state index is 0. The molecule has 1 unspecified atom stereocenters. The summed E-state index contributed by atoms with van der Waals surface area (Å²) in [5.41, 5.74) is 1.64. The van der Waals surface area contributed by atoms with Crippen LogP contribution in [0, 0.1) is 0 Å². The van der Waals surface area contributed by atoms with E-state index < -0.39 is 5.54 Å². The molecule has 1 aromatic carbocycles. The normalized spacial score (nSPS) is 17.3. The molecule has 4 N–H and O–H groups in total. The third kappa shape index (κ3) is 12.8. The second kappa shape index (κ2) is 18.8. The van der Waals surface area contributed by atoms with Crippen molar-refractivity contribution in [2.24, 2.45) is 0 Å². The summed E-state index contributed by atoms with van der Waals surface area (Å²) in [4.78, 5) is 0. The lowest BCUT2D eigenvalue weighted by atomic mass is 9.96. The number of aliphatic hydroxyl groups excluding tert-OH is 2. The largest absolute Gasteiger partial charge is 0.394 e. The van der Waals surface area contributed by atoms with Gasteiger partial charge in [0.1, 0.15) is 0 Å². The molecule has 1 heterocycles. The molecule has 178 valence electrons. The van der Waals surface area contributed by atoms with Gasteiger partial charge in [-0.3, -0.25) is 0 Å². The third-order valence-electron chi connectivity index (χ3n) is 5.25. The molecule has 0 saturated heterocycles. The first-order chi connectivity index (χ1) is 14.3. The van der Waals surface area contributed by atoms with Crippen LogP contribution in [-0.2, 0) is 11.2 Å². The Morgan fingerprint density at radius 1 is 0.903 bits per heavy atom. The lowest BCUT2D eigenvalue weighted by molar-refractivity contribution is 0.126. The van der Waals surface area contributed by atoms with E-state index in [2.05, 4.69) is 41.0 Å². The highest BCUT2D eigenvalue weighted by Gasteiger charge is 2.27. The van der Waals surface area contributed by atoms with Crippen molar-refractivity contribution in [1.82, 2.24) is 10.6 Å². The Morgan fingerprint density at radius 2 is 1.61 bits per heavy atom. The molecule has 0 saturated carbocycles. The van der Waals surface area contributed by atoms with E-state index in [0.29, 0.717) is 6.54 Å². The minimum atomic E-state index is -0.513. The summed E-state index contributed by atoms with van der Waals surface area (Å²) in [6.07, 6.45) is 13.7. The van der Waals surface area contributed by atoms with Gasteiger partial charge in [0.25, 0.3) is 0 Å². The van der Waals surface area contributed by atoms with Crippen LogP contribution >= 0.6 is 34.0 Å². The molecule has 7 heteroatoms.